The molecule has 0 heterocycles. The van der Waals surface area contributed by atoms with Crippen molar-refractivity contribution in [2.24, 2.45) is 0 Å². The van der Waals surface area contributed by atoms with Gasteiger partial charge in [-0.25, -0.2) is 0 Å². The fourth-order valence-corrected chi connectivity index (χ4v) is 12.8. The fraction of sp³-hybridized carbons (Fsp3) is 0.571. The maximum Gasteiger partial charge on any atom is 0 e. The third-order valence-electron chi connectivity index (χ3n) is 4.71. The second-order valence-electron chi connectivity index (χ2n) is 12.0. The Bertz CT molecular complexity index is 647. The summed E-state index contributed by atoms with van der Waals surface area (Å²) in [6.07, 6.45) is 0. The summed E-state index contributed by atoms with van der Waals surface area (Å²) in [6.45, 7) is 28.3. The third kappa shape index (κ3) is 10.2. The van der Waals surface area contributed by atoms with E-state index in [1.807, 2.05) is 0 Å². The largest absolute Gasteiger partial charge is 0.0643 e. The number of hydrogen-bond acceptors (Lipinski definition) is 0. The average molecular weight is 551 g/mol. The first-order chi connectivity index (χ1) is 13.5. The minimum absolute atomic E-state index is 0. The molecule has 0 saturated heterocycles. The zero-order chi connectivity index (χ0) is 23.4. The summed E-state index contributed by atoms with van der Waals surface area (Å²) in [5.41, 5.74) is 0. The van der Waals surface area contributed by atoms with Crippen LogP contribution in [0.1, 0.15) is 83.1 Å². The van der Waals surface area contributed by atoms with E-state index in [4.69, 9.17) is 0 Å². The van der Waals surface area contributed by atoms with E-state index in [1.54, 1.807) is 0 Å². The van der Waals surface area contributed by atoms with Gasteiger partial charge in [-0.1, -0.05) is 160 Å². The molecule has 0 aliphatic rings. The van der Waals surface area contributed by atoms with Gasteiger partial charge in [-0.05, 0) is 31.2 Å². The van der Waals surface area contributed by atoms with Gasteiger partial charge in [0.25, 0.3) is 0 Å². The second kappa shape index (κ2) is 11.9. The molecule has 0 saturated carbocycles. The van der Waals surface area contributed by atoms with Gasteiger partial charge in [-0.3, -0.25) is 0 Å². The van der Waals surface area contributed by atoms with Crippen molar-refractivity contribution in [3.05, 3.63) is 60.7 Å². The number of rotatable bonds is 2. The molecule has 0 radical (unpaired) electrons. The maximum atomic E-state index is 2.36. The molecule has 2 aromatic carbocycles. The van der Waals surface area contributed by atoms with Crippen molar-refractivity contribution in [3.63, 3.8) is 0 Å². The predicted octanol–water partition coefficient (Wildman–Crippen LogP) is 8.78. The van der Waals surface area contributed by atoms with Crippen molar-refractivity contribution in [2.45, 2.75) is 104 Å². The first-order valence-corrected chi connectivity index (χ1v) is 13.8. The molecule has 2 rings (SSSR count). The Kier molecular flexibility index (Phi) is 11.9. The van der Waals surface area contributed by atoms with Crippen LogP contribution in [0.15, 0.2) is 60.7 Å². The summed E-state index contributed by atoms with van der Waals surface area (Å²) in [5, 5.41) is 4.52. The molecule has 0 amide bonds. The molecule has 0 aliphatic carbocycles. The van der Waals surface area contributed by atoms with Crippen molar-refractivity contribution in [1.29, 1.82) is 0 Å². The van der Waals surface area contributed by atoms with Gasteiger partial charge >= 0.3 is 0 Å². The van der Waals surface area contributed by atoms with E-state index >= 15 is 0 Å². The summed E-state index contributed by atoms with van der Waals surface area (Å²) >= 11 is 0. The molecule has 0 spiro atoms. The molecule has 178 valence electrons. The number of hydrogen-bond donors (Lipinski definition) is 0. The smallest absolute Gasteiger partial charge is 0 e. The molecule has 0 fully saturated rings. The van der Waals surface area contributed by atoms with E-state index in [-0.39, 0.29) is 36.3 Å². The Morgan fingerprint density at radius 3 is 0.742 bits per heavy atom. The molecule has 0 nitrogen and oxygen atoms in total. The van der Waals surface area contributed by atoms with Gasteiger partial charge < -0.3 is 0 Å². The second-order valence-corrected chi connectivity index (χ2v) is 19.8. The Morgan fingerprint density at radius 2 is 0.581 bits per heavy atom. The minimum atomic E-state index is -0.138. The van der Waals surface area contributed by atoms with Crippen LogP contribution in [0.4, 0.5) is 0 Å². The quantitative estimate of drug-likeness (QED) is 0.259. The van der Waals surface area contributed by atoms with Crippen LogP contribution in [0.5, 0.6) is 0 Å². The Hall–Kier alpha value is -0.0377. The van der Waals surface area contributed by atoms with Gasteiger partial charge in [0.1, 0.15) is 0 Å². The predicted molar refractivity (Wildman–Crippen MR) is 145 cm³/mol. The molecule has 0 aliphatic heterocycles. The third-order valence-corrected chi connectivity index (χ3v) is 11.7. The van der Waals surface area contributed by atoms with Crippen LogP contribution < -0.4 is 10.6 Å². The number of benzene rings is 2. The van der Waals surface area contributed by atoms with Crippen molar-refractivity contribution >= 4 is 26.5 Å². The van der Waals surface area contributed by atoms with Crippen LogP contribution >= 0.6 is 15.8 Å². The van der Waals surface area contributed by atoms with Gasteiger partial charge in [0, 0.05) is 20.4 Å². The first-order valence-electron chi connectivity index (χ1n) is 11.2. The van der Waals surface area contributed by atoms with Gasteiger partial charge in [0.05, 0.1) is 0 Å². The molecular weight excluding hydrogens is 505 g/mol. The Labute approximate surface area is 210 Å². The van der Waals surface area contributed by atoms with Crippen molar-refractivity contribution in [2.75, 3.05) is 0 Å². The zero-order valence-corrected chi connectivity index (χ0v) is 25.3. The Morgan fingerprint density at radius 1 is 0.387 bits per heavy atom. The van der Waals surface area contributed by atoms with E-state index in [9.17, 15) is 0 Å². The van der Waals surface area contributed by atoms with E-state index < -0.39 is 0 Å². The van der Waals surface area contributed by atoms with Crippen LogP contribution in [0, 0.1) is 0 Å². The van der Waals surface area contributed by atoms with Crippen molar-refractivity contribution < 1.29 is 20.4 Å². The summed E-state index contributed by atoms with van der Waals surface area (Å²) in [6, 6.07) is 21.9. The van der Waals surface area contributed by atoms with Crippen LogP contribution in [-0.4, -0.2) is 20.6 Å². The van der Waals surface area contributed by atoms with Crippen LogP contribution in [0.2, 0.25) is 0 Å². The molecular formula is C28H46P2Pd. The molecule has 0 N–H and O–H groups in total. The molecule has 0 aromatic heterocycles. The van der Waals surface area contributed by atoms with Crippen LogP contribution in [0.25, 0.3) is 0 Å². The summed E-state index contributed by atoms with van der Waals surface area (Å²) in [5.74, 6) is 0. The monoisotopic (exact) mass is 550 g/mol. The van der Waals surface area contributed by atoms with Gasteiger partial charge in [0.2, 0.25) is 0 Å². The van der Waals surface area contributed by atoms with Gasteiger partial charge in [-0.2, -0.15) is 0 Å². The van der Waals surface area contributed by atoms with E-state index in [0.717, 1.165) is 0 Å². The summed E-state index contributed by atoms with van der Waals surface area (Å²) in [7, 11) is -0.276. The molecule has 2 aromatic rings. The fourth-order valence-electron chi connectivity index (χ4n) is 4.72. The molecule has 31 heavy (non-hydrogen) atoms. The van der Waals surface area contributed by atoms with Crippen LogP contribution in [0.3, 0.4) is 0 Å². The van der Waals surface area contributed by atoms with E-state index in [0.29, 0.717) is 20.6 Å². The topological polar surface area (TPSA) is 0 Å². The van der Waals surface area contributed by atoms with Gasteiger partial charge in [0.15, 0.2) is 0 Å². The van der Waals surface area contributed by atoms with Crippen molar-refractivity contribution in [3.8, 4) is 0 Å². The first kappa shape index (κ1) is 31.0. The normalized spacial score (nSPS) is 12.8. The molecule has 0 unspecified atom stereocenters. The van der Waals surface area contributed by atoms with E-state index in [2.05, 4.69) is 144 Å². The molecule has 3 heteroatoms. The summed E-state index contributed by atoms with van der Waals surface area (Å²) < 4.78 is 0. The van der Waals surface area contributed by atoms with Crippen LogP contribution in [-0.2, 0) is 20.4 Å². The maximum absolute atomic E-state index is 2.36. The van der Waals surface area contributed by atoms with Gasteiger partial charge in [-0.15, -0.1) is 0 Å². The minimum Gasteiger partial charge on any atom is -0.0643 e. The average Bonchev–Trinajstić information content (AvgIpc) is 2.52. The molecule has 0 atom stereocenters. The zero-order valence-electron chi connectivity index (χ0n) is 22.0. The van der Waals surface area contributed by atoms with Crippen molar-refractivity contribution in [1.82, 2.24) is 0 Å². The summed E-state index contributed by atoms with van der Waals surface area (Å²) in [4.78, 5) is 0. The SMILES string of the molecule is CC(C)(C)P(c1ccccc1)C(C)(C)C.CC(C)(C)P(c1ccccc1)C(C)(C)C.[Pd]. The van der Waals surface area contributed by atoms with E-state index in [1.165, 1.54) is 10.6 Å². The Balaban J connectivity index is 0.000000562. The molecule has 0 bridgehead atoms. The standard InChI is InChI=1S/2C14H23P.Pd/c2*1-13(2,3)15(14(4,5)6)12-10-8-7-9-11-12;/h2*7-11H,1-6H3;.